The SMILES string of the molecule is CCNCc1ccc(N(C)CC2CC(O)C2)cc1Cl. The Bertz CT molecular complexity index is 419. The number of aliphatic hydroxyl groups excluding tert-OH is 1. The van der Waals surface area contributed by atoms with Crippen molar-refractivity contribution in [2.75, 3.05) is 25.0 Å². The maximum Gasteiger partial charge on any atom is 0.0546 e. The smallest absolute Gasteiger partial charge is 0.0546 e. The molecule has 1 fully saturated rings. The summed E-state index contributed by atoms with van der Waals surface area (Å²) in [6, 6.07) is 6.24. The van der Waals surface area contributed by atoms with Gasteiger partial charge in [-0.05, 0) is 43.0 Å². The highest BCUT2D eigenvalue weighted by Gasteiger charge is 2.28. The zero-order valence-electron chi connectivity index (χ0n) is 11.7. The second-order valence-electron chi connectivity index (χ2n) is 5.43. The minimum absolute atomic E-state index is 0.0792. The van der Waals surface area contributed by atoms with Gasteiger partial charge in [0, 0.05) is 30.8 Å². The number of aliphatic hydroxyl groups is 1. The van der Waals surface area contributed by atoms with E-state index in [1.807, 2.05) is 6.07 Å². The first-order valence-electron chi connectivity index (χ1n) is 6.98. The molecule has 2 rings (SSSR count). The summed E-state index contributed by atoms with van der Waals surface area (Å²) >= 11 is 6.31. The van der Waals surface area contributed by atoms with Crippen LogP contribution in [0.2, 0.25) is 5.02 Å². The summed E-state index contributed by atoms with van der Waals surface area (Å²) in [4.78, 5) is 2.22. The minimum Gasteiger partial charge on any atom is -0.393 e. The van der Waals surface area contributed by atoms with Crippen LogP contribution in [0.4, 0.5) is 5.69 Å². The fourth-order valence-electron chi connectivity index (χ4n) is 2.52. The standard InChI is InChI=1S/C15H23ClN2O/c1-3-17-9-12-4-5-13(8-15(12)16)18(2)10-11-6-14(19)7-11/h4-5,8,11,14,17,19H,3,6-7,9-10H2,1-2H3. The fraction of sp³-hybridized carbons (Fsp3) is 0.600. The molecule has 1 aromatic carbocycles. The van der Waals surface area contributed by atoms with Gasteiger partial charge in [-0.15, -0.1) is 0 Å². The van der Waals surface area contributed by atoms with Crippen LogP contribution >= 0.6 is 11.6 Å². The quantitative estimate of drug-likeness (QED) is 0.842. The van der Waals surface area contributed by atoms with Crippen LogP contribution in [0, 0.1) is 5.92 Å². The van der Waals surface area contributed by atoms with Gasteiger partial charge < -0.3 is 15.3 Å². The predicted octanol–water partition coefficient (Wildman–Crippen LogP) is 2.66. The summed E-state index contributed by atoms with van der Waals surface area (Å²) < 4.78 is 0. The van der Waals surface area contributed by atoms with Crippen LogP contribution in [0.1, 0.15) is 25.3 Å². The van der Waals surface area contributed by atoms with E-state index in [0.29, 0.717) is 5.92 Å². The first kappa shape index (κ1) is 14.6. The predicted molar refractivity (Wildman–Crippen MR) is 80.8 cm³/mol. The highest BCUT2D eigenvalue weighted by molar-refractivity contribution is 6.31. The van der Waals surface area contributed by atoms with Crippen LogP contribution < -0.4 is 10.2 Å². The molecule has 0 amide bonds. The van der Waals surface area contributed by atoms with Gasteiger partial charge >= 0.3 is 0 Å². The molecular formula is C15H23ClN2O. The number of anilines is 1. The van der Waals surface area contributed by atoms with E-state index in [1.165, 1.54) is 0 Å². The highest BCUT2D eigenvalue weighted by Crippen LogP contribution is 2.30. The number of hydrogen-bond donors (Lipinski definition) is 2. The Morgan fingerprint density at radius 2 is 2.16 bits per heavy atom. The third kappa shape index (κ3) is 3.85. The third-order valence-corrected chi connectivity index (χ3v) is 4.14. The number of halogens is 1. The van der Waals surface area contributed by atoms with E-state index in [2.05, 4.69) is 36.3 Å². The van der Waals surface area contributed by atoms with Crippen molar-refractivity contribution in [2.24, 2.45) is 5.92 Å². The van der Waals surface area contributed by atoms with Gasteiger partial charge in [-0.3, -0.25) is 0 Å². The Hall–Kier alpha value is -0.770. The summed E-state index contributed by atoms with van der Waals surface area (Å²) in [6.45, 7) is 4.83. The Morgan fingerprint density at radius 3 is 2.74 bits per heavy atom. The van der Waals surface area contributed by atoms with Gasteiger partial charge in [0.1, 0.15) is 0 Å². The van der Waals surface area contributed by atoms with Crippen molar-refractivity contribution in [1.29, 1.82) is 0 Å². The molecule has 0 heterocycles. The van der Waals surface area contributed by atoms with Crippen LogP contribution in [0.25, 0.3) is 0 Å². The monoisotopic (exact) mass is 282 g/mol. The minimum atomic E-state index is -0.0792. The van der Waals surface area contributed by atoms with Crippen molar-refractivity contribution in [3.63, 3.8) is 0 Å². The summed E-state index contributed by atoms with van der Waals surface area (Å²) in [6.07, 6.45) is 1.78. The largest absolute Gasteiger partial charge is 0.393 e. The third-order valence-electron chi connectivity index (χ3n) is 3.79. The number of nitrogens with one attached hydrogen (secondary N) is 1. The van der Waals surface area contributed by atoms with Crippen molar-refractivity contribution >= 4 is 17.3 Å². The summed E-state index contributed by atoms with van der Waals surface area (Å²) in [5.74, 6) is 0.611. The topological polar surface area (TPSA) is 35.5 Å². The van der Waals surface area contributed by atoms with Gasteiger partial charge in [-0.2, -0.15) is 0 Å². The van der Waals surface area contributed by atoms with Gasteiger partial charge in [-0.1, -0.05) is 24.6 Å². The van der Waals surface area contributed by atoms with E-state index in [0.717, 1.165) is 48.7 Å². The number of benzene rings is 1. The van der Waals surface area contributed by atoms with Crippen molar-refractivity contribution < 1.29 is 5.11 Å². The Labute approximate surface area is 120 Å². The maximum atomic E-state index is 9.32. The molecule has 0 bridgehead atoms. The van der Waals surface area contributed by atoms with Crippen LogP contribution in [0.15, 0.2) is 18.2 Å². The van der Waals surface area contributed by atoms with E-state index in [-0.39, 0.29) is 6.10 Å². The van der Waals surface area contributed by atoms with Crippen molar-refractivity contribution in [2.45, 2.75) is 32.4 Å². The number of hydrogen-bond acceptors (Lipinski definition) is 3. The molecule has 19 heavy (non-hydrogen) atoms. The van der Waals surface area contributed by atoms with Gasteiger partial charge in [0.15, 0.2) is 0 Å². The summed E-state index contributed by atoms with van der Waals surface area (Å²) in [7, 11) is 2.08. The van der Waals surface area contributed by atoms with E-state index in [4.69, 9.17) is 11.6 Å². The molecule has 0 aromatic heterocycles. The summed E-state index contributed by atoms with van der Waals surface area (Å²) in [5.41, 5.74) is 2.28. The lowest BCUT2D eigenvalue weighted by molar-refractivity contribution is 0.0465. The van der Waals surface area contributed by atoms with Crippen molar-refractivity contribution in [1.82, 2.24) is 5.32 Å². The average Bonchev–Trinajstić information content (AvgIpc) is 2.35. The van der Waals surface area contributed by atoms with E-state index >= 15 is 0 Å². The number of rotatable bonds is 6. The lowest BCUT2D eigenvalue weighted by Crippen LogP contribution is -2.37. The summed E-state index contributed by atoms with van der Waals surface area (Å²) in [5, 5.41) is 13.4. The molecular weight excluding hydrogens is 260 g/mol. The highest BCUT2D eigenvalue weighted by atomic mass is 35.5. The molecule has 1 aromatic rings. The van der Waals surface area contributed by atoms with Crippen molar-refractivity contribution in [3.05, 3.63) is 28.8 Å². The molecule has 0 unspecified atom stereocenters. The molecule has 0 radical (unpaired) electrons. The second kappa shape index (κ2) is 6.60. The molecule has 0 aliphatic heterocycles. The zero-order chi connectivity index (χ0) is 13.8. The van der Waals surface area contributed by atoms with Crippen LogP contribution in [0.3, 0.4) is 0 Å². The normalized spacial score (nSPS) is 22.1. The lowest BCUT2D eigenvalue weighted by Gasteiger charge is -2.35. The van der Waals surface area contributed by atoms with E-state index < -0.39 is 0 Å². The number of nitrogens with zero attached hydrogens (tertiary/aromatic N) is 1. The lowest BCUT2D eigenvalue weighted by atomic mass is 9.82. The Kier molecular flexibility index (Phi) is 5.08. The van der Waals surface area contributed by atoms with Crippen LogP contribution in [-0.2, 0) is 6.54 Å². The molecule has 1 saturated carbocycles. The van der Waals surface area contributed by atoms with E-state index in [1.54, 1.807) is 0 Å². The molecule has 106 valence electrons. The molecule has 2 N–H and O–H groups in total. The Balaban J connectivity index is 1.94. The van der Waals surface area contributed by atoms with Gasteiger partial charge in [-0.25, -0.2) is 0 Å². The molecule has 0 spiro atoms. The van der Waals surface area contributed by atoms with Gasteiger partial charge in [0.2, 0.25) is 0 Å². The van der Waals surface area contributed by atoms with E-state index in [9.17, 15) is 5.11 Å². The average molecular weight is 283 g/mol. The molecule has 1 aliphatic carbocycles. The molecule has 0 atom stereocenters. The van der Waals surface area contributed by atoms with Crippen LogP contribution in [-0.4, -0.2) is 31.3 Å². The second-order valence-corrected chi connectivity index (χ2v) is 5.84. The van der Waals surface area contributed by atoms with Gasteiger partial charge in [0.05, 0.1) is 6.10 Å². The maximum absolute atomic E-state index is 9.32. The molecule has 0 saturated heterocycles. The zero-order valence-corrected chi connectivity index (χ0v) is 12.5. The molecule has 1 aliphatic rings. The van der Waals surface area contributed by atoms with Gasteiger partial charge in [0.25, 0.3) is 0 Å². The Morgan fingerprint density at radius 1 is 1.42 bits per heavy atom. The molecule has 3 nitrogen and oxygen atoms in total. The first-order chi connectivity index (χ1) is 9.10. The van der Waals surface area contributed by atoms with Crippen LogP contribution in [0.5, 0.6) is 0 Å². The first-order valence-corrected chi connectivity index (χ1v) is 7.36. The van der Waals surface area contributed by atoms with Crippen molar-refractivity contribution in [3.8, 4) is 0 Å². The molecule has 4 heteroatoms. The fourth-order valence-corrected chi connectivity index (χ4v) is 2.76.